The zero-order valence-electron chi connectivity index (χ0n) is 7.86. The van der Waals surface area contributed by atoms with E-state index in [2.05, 4.69) is 4.65 Å². The molecule has 0 fully saturated rings. The minimum Gasteiger partial charge on any atom is -0.860 e. The normalized spacial score (nSPS) is 8.21. The molecule has 64 valence electrons. The Hall–Kier alpha value is 2.01. The van der Waals surface area contributed by atoms with Crippen LogP contribution in [0, 0.1) is 5.82 Å². The molecule has 0 atom stereocenters. The van der Waals surface area contributed by atoms with E-state index in [1.165, 1.54) is 6.07 Å². The summed E-state index contributed by atoms with van der Waals surface area (Å²) in [5.74, 6) is -2.20. The molecule has 0 amide bonds. The number of phenols is 1. The van der Waals surface area contributed by atoms with Crippen LogP contribution in [-0.2, 0) is 0 Å². The van der Waals surface area contributed by atoms with Crippen LogP contribution in [0.5, 0.6) is 11.5 Å². The maximum Gasteiger partial charge on any atom is 1.00 e. The number of halogens is 1. The molecule has 0 radical (unpaired) electrons. The molecule has 8 heteroatoms. The Bertz CT molecular complexity index is 266. The monoisotopic (exact) mass is 248 g/mol. The first-order valence-corrected chi connectivity index (χ1v) is 3.07. The third-order valence-electron chi connectivity index (χ3n) is 1.16. The van der Waals surface area contributed by atoms with Gasteiger partial charge in [-0.3, -0.25) is 0 Å². The van der Waals surface area contributed by atoms with E-state index >= 15 is 0 Å². The van der Waals surface area contributed by atoms with E-state index in [0.717, 1.165) is 12.1 Å². The van der Waals surface area contributed by atoms with Gasteiger partial charge in [-0.2, -0.15) is 0 Å². The van der Waals surface area contributed by atoms with Crippen LogP contribution in [0.2, 0.25) is 0 Å². The molecule has 1 aromatic carbocycles. The van der Waals surface area contributed by atoms with E-state index in [-0.39, 0.29) is 103 Å². The summed E-state index contributed by atoms with van der Waals surface area (Å²) in [5.41, 5.74) is 0. The number of hydrogen-bond acceptors (Lipinski definition) is 4. The Morgan fingerprint density at radius 2 is 1.86 bits per heavy atom. The van der Waals surface area contributed by atoms with Gasteiger partial charge in [0.05, 0.1) is 0 Å². The molecule has 1 rings (SSSR count). The molecule has 0 unspecified atom stereocenters. The second-order valence-electron chi connectivity index (χ2n) is 1.99. The van der Waals surface area contributed by atoms with Crippen molar-refractivity contribution in [3.05, 3.63) is 24.0 Å². The topological polar surface area (TPSA) is 75.6 Å². The smallest absolute Gasteiger partial charge is 0.860 e. The Balaban J connectivity index is 0. The Labute approximate surface area is 166 Å². The predicted octanol–water partition coefficient (Wildman–Crippen LogP) is -7.38. The summed E-state index contributed by atoms with van der Waals surface area (Å²) in [4.78, 5) is 0. The fourth-order valence-corrected chi connectivity index (χ4v) is 0.710. The minimum atomic E-state index is -2.65. The van der Waals surface area contributed by atoms with Gasteiger partial charge in [0.25, 0.3) is 0 Å². The van der Waals surface area contributed by atoms with Gasteiger partial charge in [0.15, 0.2) is 17.3 Å². The van der Waals surface area contributed by atoms with Gasteiger partial charge in [-0.1, -0.05) is 6.07 Å². The summed E-state index contributed by atoms with van der Waals surface area (Å²) < 4.78 is 16.6. The zero-order chi connectivity index (χ0) is 9.14. The summed E-state index contributed by atoms with van der Waals surface area (Å²) in [7, 11) is -2.65. The minimum absolute atomic E-state index is 0. The first-order valence-electron chi connectivity index (χ1n) is 3.07. The molecule has 0 saturated carbocycles. The van der Waals surface area contributed by atoms with E-state index in [0.29, 0.717) is 0 Å². The number of phenolic OH excluding ortho intramolecular Hbond substituents is 1. The van der Waals surface area contributed by atoms with Crippen molar-refractivity contribution in [1.29, 1.82) is 0 Å². The van der Waals surface area contributed by atoms with Crippen molar-refractivity contribution < 1.29 is 127 Å². The van der Waals surface area contributed by atoms with Gasteiger partial charge in [0, 0.05) is 0 Å². The van der Waals surface area contributed by atoms with E-state index in [1.807, 2.05) is 0 Å². The van der Waals surface area contributed by atoms with Crippen LogP contribution < -0.4 is 117 Å². The number of para-hydroxylation sites is 1. The van der Waals surface area contributed by atoms with Crippen LogP contribution in [0.1, 0.15) is 0 Å². The molecule has 14 heavy (non-hydrogen) atoms. The quantitative estimate of drug-likeness (QED) is 0.528. The second kappa shape index (κ2) is 9.08. The average molecular weight is 248 g/mol. The molecule has 0 spiro atoms. The number of benzene rings is 1. The molecule has 1 N–H and O–H groups in total. The molecule has 0 aliphatic carbocycles. The van der Waals surface area contributed by atoms with E-state index < -0.39 is 24.6 Å². The summed E-state index contributed by atoms with van der Waals surface area (Å²) in [6, 6.07) is 3.31. The first-order chi connectivity index (χ1) is 5.61. The largest absolute Gasteiger partial charge is 1.00 e. The number of aromatic hydroxyl groups is 1. The Morgan fingerprint density at radius 1 is 1.29 bits per heavy atom. The van der Waals surface area contributed by atoms with Crippen LogP contribution in [0.3, 0.4) is 0 Å². The van der Waals surface area contributed by atoms with Gasteiger partial charge in [-0.05, 0) is 12.1 Å². The van der Waals surface area contributed by atoms with Crippen molar-refractivity contribution in [3.63, 3.8) is 0 Å². The van der Waals surface area contributed by atoms with Gasteiger partial charge in [-0.25, -0.2) is 4.39 Å². The summed E-state index contributed by atoms with van der Waals surface area (Å²) in [5, 5.41) is 28.8. The molecule has 0 aromatic heterocycles. The zero-order valence-corrected chi connectivity index (χ0v) is 14.1. The van der Waals surface area contributed by atoms with Crippen molar-refractivity contribution in [1.82, 2.24) is 0 Å². The van der Waals surface area contributed by atoms with Gasteiger partial charge in [0.1, 0.15) is 7.32 Å². The number of hydrogen-bond donors (Lipinski definition) is 1. The fourth-order valence-electron chi connectivity index (χ4n) is 0.710. The molecular weight excluding hydrogens is 244 g/mol. The van der Waals surface area contributed by atoms with Crippen LogP contribution in [-0.4, -0.2) is 12.4 Å². The third kappa shape index (κ3) is 5.92. The van der Waals surface area contributed by atoms with Gasteiger partial charge in [0.2, 0.25) is 0 Å². The first kappa shape index (κ1) is 18.4. The molecule has 0 aliphatic heterocycles. The molecule has 0 heterocycles. The van der Waals surface area contributed by atoms with Crippen LogP contribution in [0.15, 0.2) is 18.2 Å². The van der Waals surface area contributed by atoms with Crippen molar-refractivity contribution in [2.45, 2.75) is 0 Å². The van der Waals surface area contributed by atoms with E-state index in [9.17, 15) is 14.4 Å². The SMILES string of the molecule is [K+].[K+].[O-]B([O-])Oc1c(O)cccc1F. The van der Waals surface area contributed by atoms with Crippen LogP contribution in [0.25, 0.3) is 0 Å². The molecule has 4 nitrogen and oxygen atoms in total. The Kier molecular flexibility index (Phi) is 11.9. The second-order valence-corrected chi connectivity index (χ2v) is 1.99. The molecular formula is C6H4BFK2O4. The van der Waals surface area contributed by atoms with Crippen molar-refractivity contribution in [2.24, 2.45) is 0 Å². The number of rotatable bonds is 2. The maximum atomic E-state index is 12.6. The third-order valence-corrected chi connectivity index (χ3v) is 1.16. The van der Waals surface area contributed by atoms with Crippen molar-refractivity contribution >= 4 is 7.32 Å². The summed E-state index contributed by atoms with van der Waals surface area (Å²) in [6.07, 6.45) is 0. The molecule has 1 aromatic rings. The van der Waals surface area contributed by atoms with Crippen LogP contribution >= 0.6 is 0 Å². The molecule has 0 aliphatic rings. The average Bonchev–Trinajstić information content (AvgIpc) is 1.97. The molecule has 0 bridgehead atoms. The Morgan fingerprint density at radius 3 is 2.29 bits per heavy atom. The fraction of sp³-hybridized carbons (Fsp3) is 0. The van der Waals surface area contributed by atoms with E-state index in [1.54, 1.807) is 0 Å². The van der Waals surface area contributed by atoms with Crippen molar-refractivity contribution in [2.75, 3.05) is 0 Å². The van der Waals surface area contributed by atoms with Crippen molar-refractivity contribution in [3.8, 4) is 11.5 Å². The van der Waals surface area contributed by atoms with Gasteiger partial charge >= 0.3 is 103 Å². The summed E-state index contributed by atoms with van der Waals surface area (Å²) in [6.45, 7) is 0. The van der Waals surface area contributed by atoms with E-state index in [4.69, 9.17) is 5.11 Å². The standard InChI is InChI=1S/C6H4BFO4.2K/c8-4-2-1-3-5(9)6(4)12-7(10)11;;/h1-3,9H;;/q-2;2*+1. The van der Waals surface area contributed by atoms with Gasteiger partial charge in [-0.15, -0.1) is 0 Å². The predicted molar refractivity (Wildman–Crippen MR) is 34.4 cm³/mol. The molecule has 0 saturated heterocycles. The van der Waals surface area contributed by atoms with Crippen LogP contribution in [0.4, 0.5) is 4.39 Å². The summed E-state index contributed by atoms with van der Waals surface area (Å²) >= 11 is 0. The van der Waals surface area contributed by atoms with Gasteiger partial charge < -0.3 is 19.8 Å². The maximum absolute atomic E-state index is 12.6.